The fraction of sp³-hybridized carbons (Fsp3) is 0.278. The van der Waals surface area contributed by atoms with Crippen molar-refractivity contribution in [2.75, 3.05) is 15.9 Å². The summed E-state index contributed by atoms with van der Waals surface area (Å²) >= 11 is 0. The number of rotatable bonds is 6. The number of carbonyl (C=O) groups excluding carboxylic acids is 1. The first-order valence-electron chi connectivity index (χ1n) is 7.95. The molecule has 26 heavy (non-hydrogen) atoms. The van der Waals surface area contributed by atoms with Crippen molar-refractivity contribution in [1.29, 1.82) is 0 Å². The molecule has 0 spiro atoms. The molecule has 1 atom stereocenters. The fourth-order valence-corrected chi connectivity index (χ4v) is 3.77. The average Bonchev–Trinajstić information content (AvgIpc) is 2.55. The molecule has 2 aromatic rings. The first-order valence-corrected chi connectivity index (χ1v) is 9.80. The van der Waals surface area contributed by atoms with Gasteiger partial charge in [0.2, 0.25) is 15.9 Å². The Hall–Kier alpha value is -2.48. The number of sulfonamides is 1. The molecule has 0 radical (unpaired) electrons. The Bertz CT molecular complexity index is 899. The molecule has 8 heteroatoms. The lowest BCUT2D eigenvalue weighted by atomic mass is 10.1. The van der Waals surface area contributed by atoms with Crippen LogP contribution in [0.4, 0.5) is 20.2 Å². The summed E-state index contributed by atoms with van der Waals surface area (Å²) in [6.07, 6.45) is 1.16. The molecule has 0 saturated carbocycles. The number of hydrogen-bond acceptors (Lipinski definition) is 3. The van der Waals surface area contributed by atoms with E-state index >= 15 is 0 Å². The van der Waals surface area contributed by atoms with E-state index in [1.54, 1.807) is 31.2 Å². The number of benzene rings is 2. The summed E-state index contributed by atoms with van der Waals surface area (Å²) in [5, 5.41) is 2.34. The maximum absolute atomic E-state index is 13.8. The first-order chi connectivity index (χ1) is 12.1. The van der Waals surface area contributed by atoms with Crippen molar-refractivity contribution in [2.45, 2.75) is 26.3 Å². The Balaban J connectivity index is 2.38. The number of hydrogen-bond donors (Lipinski definition) is 1. The molecule has 2 rings (SSSR count). The number of amides is 1. The zero-order valence-electron chi connectivity index (χ0n) is 14.7. The zero-order valence-corrected chi connectivity index (χ0v) is 15.5. The summed E-state index contributed by atoms with van der Waals surface area (Å²) in [7, 11) is -3.78. The molecule has 5 nitrogen and oxygen atoms in total. The third-order valence-corrected chi connectivity index (χ3v) is 4.99. The summed E-state index contributed by atoms with van der Waals surface area (Å²) in [4.78, 5) is 12.6. The van der Waals surface area contributed by atoms with Crippen LogP contribution in [0.3, 0.4) is 0 Å². The summed E-state index contributed by atoms with van der Waals surface area (Å²) in [6, 6.07) is 8.33. The van der Waals surface area contributed by atoms with Crippen molar-refractivity contribution in [2.24, 2.45) is 0 Å². The Morgan fingerprint density at radius 1 is 1.15 bits per heavy atom. The van der Waals surface area contributed by atoms with Gasteiger partial charge in [-0.05, 0) is 37.6 Å². The van der Waals surface area contributed by atoms with Crippen LogP contribution in [0, 0.1) is 18.6 Å². The van der Waals surface area contributed by atoms with Crippen LogP contribution in [0.1, 0.15) is 18.9 Å². The summed E-state index contributed by atoms with van der Waals surface area (Å²) in [6.45, 7) is 3.51. The van der Waals surface area contributed by atoms with E-state index in [1.807, 2.05) is 6.92 Å². The Morgan fingerprint density at radius 2 is 1.77 bits per heavy atom. The number of anilines is 2. The minimum atomic E-state index is -3.78. The highest BCUT2D eigenvalue weighted by molar-refractivity contribution is 7.92. The summed E-state index contributed by atoms with van der Waals surface area (Å²) in [5.74, 6) is -2.41. The fourth-order valence-electron chi connectivity index (χ4n) is 2.56. The molecule has 0 aromatic heterocycles. The molecule has 1 amide bonds. The minimum Gasteiger partial charge on any atom is -0.322 e. The van der Waals surface area contributed by atoms with E-state index in [0.717, 1.165) is 28.3 Å². The molecule has 1 N–H and O–H groups in total. The van der Waals surface area contributed by atoms with Crippen LogP contribution >= 0.6 is 0 Å². The van der Waals surface area contributed by atoms with Gasteiger partial charge in [-0.1, -0.05) is 24.6 Å². The van der Waals surface area contributed by atoms with E-state index in [9.17, 15) is 22.0 Å². The molecule has 140 valence electrons. The van der Waals surface area contributed by atoms with Gasteiger partial charge in [0.05, 0.1) is 17.6 Å². The second kappa shape index (κ2) is 7.82. The normalized spacial score (nSPS) is 12.5. The predicted octanol–water partition coefficient (Wildman–Crippen LogP) is 3.46. The van der Waals surface area contributed by atoms with Crippen LogP contribution in [0.25, 0.3) is 0 Å². The van der Waals surface area contributed by atoms with Crippen LogP contribution in [-0.4, -0.2) is 26.6 Å². The molecular weight excluding hydrogens is 362 g/mol. The SMILES string of the molecule is CC[C@H](C(=O)Nc1ccc(F)cc1F)N(c1ccc(C)cc1)S(C)(=O)=O. The Morgan fingerprint density at radius 3 is 2.27 bits per heavy atom. The maximum atomic E-state index is 13.8. The van der Waals surface area contributed by atoms with E-state index in [0.29, 0.717) is 11.8 Å². The van der Waals surface area contributed by atoms with Crippen LogP contribution < -0.4 is 9.62 Å². The van der Waals surface area contributed by atoms with E-state index in [2.05, 4.69) is 5.32 Å². The van der Waals surface area contributed by atoms with Gasteiger partial charge >= 0.3 is 0 Å². The molecule has 0 aliphatic carbocycles. The highest BCUT2D eigenvalue weighted by Crippen LogP contribution is 2.24. The van der Waals surface area contributed by atoms with Crippen LogP contribution in [0.2, 0.25) is 0 Å². The van der Waals surface area contributed by atoms with E-state index in [4.69, 9.17) is 0 Å². The van der Waals surface area contributed by atoms with Crippen molar-refractivity contribution in [1.82, 2.24) is 0 Å². The van der Waals surface area contributed by atoms with Crippen molar-refractivity contribution in [3.63, 3.8) is 0 Å². The molecule has 0 unspecified atom stereocenters. The molecule has 0 fully saturated rings. The lowest BCUT2D eigenvalue weighted by molar-refractivity contribution is -0.117. The van der Waals surface area contributed by atoms with E-state index in [-0.39, 0.29) is 12.1 Å². The van der Waals surface area contributed by atoms with Gasteiger partial charge in [-0.25, -0.2) is 17.2 Å². The zero-order chi connectivity index (χ0) is 19.5. The smallest absolute Gasteiger partial charge is 0.248 e. The monoisotopic (exact) mass is 382 g/mol. The minimum absolute atomic E-state index is 0.162. The predicted molar refractivity (Wildman–Crippen MR) is 97.6 cm³/mol. The topological polar surface area (TPSA) is 66.5 Å². The summed E-state index contributed by atoms with van der Waals surface area (Å²) < 4.78 is 52.4. The van der Waals surface area contributed by atoms with Crippen molar-refractivity contribution < 1.29 is 22.0 Å². The van der Waals surface area contributed by atoms with Crippen LogP contribution in [0.15, 0.2) is 42.5 Å². The van der Waals surface area contributed by atoms with Crippen molar-refractivity contribution in [3.05, 3.63) is 59.7 Å². The van der Waals surface area contributed by atoms with Gasteiger partial charge in [0.15, 0.2) is 0 Å². The number of carbonyl (C=O) groups is 1. The van der Waals surface area contributed by atoms with Gasteiger partial charge < -0.3 is 5.32 Å². The Kier molecular flexibility index (Phi) is 5.97. The molecular formula is C18H20F2N2O3S. The largest absolute Gasteiger partial charge is 0.322 e. The first kappa shape index (κ1) is 19.8. The molecule has 0 aliphatic heterocycles. The van der Waals surface area contributed by atoms with Gasteiger partial charge in [0, 0.05) is 6.07 Å². The molecule has 0 heterocycles. The Labute approximate surface area is 151 Å². The van der Waals surface area contributed by atoms with Gasteiger partial charge in [-0.2, -0.15) is 0 Å². The number of nitrogens with zero attached hydrogens (tertiary/aromatic N) is 1. The highest BCUT2D eigenvalue weighted by Gasteiger charge is 2.31. The van der Waals surface area contributed by atoms with Crippen molar-refractivity contribution in [3.8, 4) is 0 Å². The quantitative estimate of drug-likeness (QED) is 0.832. The molecule has 0 aliphatic rings. The highest BCUT2D eigenvalue weighted by atomic mass is 32.2. The van der Waals surface area contributed by atoms with E-state index < -0.39 is 33.6 Å². The molecule has 0 saturated heterocycles. The van der Waals surface area contributed by atoms with Crippen LogP contribution in [-0.2, 0) is 14.8 Å². The lowest BCUT2D eigenvalue weighted by Gasteiger charge is -2.30. The molecule has 0 bridgehead atoms. The second-order valence-corrected chi connectivity index (χ2v) is 7.79. The van der Waals surface area contributed by atoms with Gasteiger partial charge in [0.25, 0.3) is 0 Å². The van der Waals surface area contributed by atoms with E-state index in [1.165, 1.54) is 0 Å². The second-order valence-electron chi connectivity index (χ2n) is 5.93. The van der Waals surface area contributed by atoms with Gasteiger partial charge in [-0.3, -0.25) is 9.10 Å². The number of nitrogens with one attached hydrogen (secondary N) is 1. The average molecular weight is 382 g/mol. The molecule has 2 aromatic carbocycles. The third-order valence-electron chi connectivity index (χ3n) is 3.81. The lowest BCUT2D eigenvalue weighted by Crippen LogP contribution is -2.47. The summed E-state index contributed by atoms with van der Waals surface area (Å²) in [5.41, 5.74) is 1.06. The number of aryl methyl sites for hydroxylation is 1. The third kappa shape index (κ3) is 4.57. The standard InChI is InChI=1S/C18H20F2N2O3S/c1-4-17(18(23)21-16-10-7-13(19)11-15(16)20)22(26(3,24)25)14-8-5-12(2)6-9-14/h5-11,17H,4H2,1-3H3,(H,21,23)/t17-/m1/s1. The van der Waals surface area contributed by atoms with Gasteiger partial charge in [0.1, 0.15) is 17.7 Å². The van der Waals surface area contributed by atoms with Gasteiger partial charge in [-0.15, -0.1) is 0 Å². The number of halogens is 2. The van der Waals surface area contributed by atoms with Crippen LogP contribution in [0.5, 0.6) is 0 Å². The van der Waals surface area contributed by atoms with Crippen molar-refractivity contribution >= 4 is 27.3 Å². The maximum Gasteiger partial charge on any atom is 0.248 e.